The Morgan fingerprint density at radius 2 is 1.68 bits per heavy atom. The zero-order valence-corrected chi connectivity index (χ0v) is 12.0. The van der Waals surface area contributed by atoms with Crippen LogP contribution in [0.25, 0.3) is 0 Å². The van der Waals surface area contributed by atoms with Gasteiger partial charge in [-0.05, 0) is 69.6 Å². The first-order valence-corrected chi connectivity index (χ1v) is 6.95. The van der Waals surface area contributed by atoms with Crippen LogP contribution in [0, 0.1) is 5.82 Å². The van der Waals surface area contributed by atoms with Gasteiger partial charge < -0.3 is 9.31 Å². The fourth-order valence-electron chi connectivity index (χ4n) is 2.49. The SMILES string of the molecule is CC1(C)OB(c2cc(F)ccc2C2CC2)OC1(C)C. The van der Waals surface area contributed by atoms with Crippen LogP contribution in [0.5, 0.6) is 0 Å². The molecule has 2 fully saturated rings. The predicted octanol–water partition coefficient (Wildman–Crippen LogP) is 3.00. The zero-order valence-electron chi connectivity index (χ0n) is 12.0. The summed E-state index contributed by atoms with van der Waals surface area (Å²) in [5, 5.41) is 0. The third kappa shape index (κ3) is 2.21. The molecule has 2 aliphatic rings. The lowest BCUT2D eigenvalue weighted by Crippen LogP contribution is -2.41. The van der Waals surface area contributed by atoms with E-state index in [1.165, 1.54) is 24.5 Å². The molecule has 0 radical (unpaired) electrons. The Bertz CT molecular complexity index is 493. The molecule has 102 valence electrons. The van der Waals surface area contributed by atoms with Crippen LogP contribution in [0.3, 0.4) is 0 Å². The Morgan fingerprint density at radius 1 is 1.11 bits per heavy atom. The molecule has 2 nitrogen and oxygen atoms in total. The van der Waals surface area contributed by atoms with E-state index in [9.17, 15) is 4.39 Å². The Morgan fingerprint density at radius 3 is 2.21 bits per heavy atom. The van der Waals surface area contributed by atoms with Gasteiger partial charge in [0.1, 0.15) is 5.82 Å². The fraction of sp³-hybridized carbons (Fsp3) is 0.600. The average Bonchev–Trinajstić information content (AvgIpc) is 3.07. The minimum absolute atomic E-state index is 0.228. The molecule has 0 amide bonds. The molecule has 4 heteroatoms. The monoisotopic (exact) mass is 262 g/mol. The summed E-state index contributed by atoms with van der Waals surface area (Å²) in [5.74, 6) is 0.323. The standard InChI is InChI=1S/C15H20BFO2/c1-14(2)15(3,4)19-16(18-14)13-9-11(17)7-8-12(13)10-5-6-10/h7-10H,5-6H2,1-4H3. The highest BCUT2D eigenvalue weighted by atomic mass is 19.1. The van der Waals surface area contributed by atoms with Crippen LogP contribution in [-0.2, 0) is 9.31 Å². The van der Waals surface area contributed by atoms with Crippen molar-refractivity contribution in [3.8, 4) is 0 Å². The average molecular weight is 262 g/mol. The van der Waals surface area contributed by atoms with Crippen LogP contribution in [-0.4, -0.2) is 18.3 Å². The quantitative estimate of drug-likeness (QED) is 0.763. The molecule has 1 aliphatic carbocycles. The lowest BCUT2D eigenvalue weighted by atomic mass is 9.75. The summed E-state index contributed by atoms with van der Waals surface area (Å²) in [7, 11) is -0.462. The smallest absolute Gasteiger partial charge is 0.399 e. The molecule has 1 saturated carbocycles. The van der Waals surface area contributed by atoms with Gasteiger partial charge in [-0.15, -0.1) is 0 Å². The molecule has 3 rings (SSSR count). The van der Waals surface area contributed by atoms with Crippen molar-refractivity contribution in [2.45, 2.75) is 57.7 Å². The molecule has 1 saturated heterocycles. The summed E-state index contributed by atoms with van der Waals surface area (Å²) in [6.07, 6.45) is 2.36. The summed E-state index contributed by atoms with van der Waals surface area (Å²) in [6.45, 7) is 8.07. The minimum Gasteiger partial charge on any atom is -0.399 e. The van der Waals surface area contributed by atoms with Gasteiger partial charge in [-0.1, -0.05) is 6.07 Å². The molecule has 1 aromatic rings. The van der Waals surface area contributed by atoms with Crippen LogP contribution in [0.2, 0.25) is 0 Å². The molecule has 0 bridgehead atoms. The topological polar surface area (TPSA) is 18.5 Å². The van der Waals surface area contributed by atoms with Crippen LogP contribution in [0.15, 0.2) is 18.2 Å². The van der Waals surface area contributed by atoms with Crippen molar-refractivity contribution in [3.63, 3.8) is 0 Å². The highest BCUT2D eigenvalue weighted by Gasteiger charge is 2.52. The van der Waals surface area contributed by atoms with Crippen LogP contribution >= 0.6 is 0 Å². The maximum Gasteiger partial charge on any atom is 0.495 e. The van der Waals surface area contributed by atoms with E-state index < -0.39 is 7.12 Å². The van der Waals surface area contributed by atoms with E-state index >= 15 is 0 Å². The highest BCUT2D eigenvalue weighted by Crippen LogP contribution is 2.41. The van der Waals surface area contributed by atoms with E-state index in [0.717, 1.165) is 5.46 Å². The van der Waals surface area contributed by atoms with Crippen molar-refractivity contribution in [2.75, 3.05) is 0 Å². The number of hydrogen-bond acceptors (Lipinski definition) is 2. The zero-order chi connectivity index (χ0) is 13.8. The first kappa shape index (κ1) is 13.1. The molecule has 19 heavy (non-hydrogen) atoms. The molecule has 1 heterocycles. The number of benzene rings is 1. The van der Waals surface area contributed by atoms with Crippen molar-refractivity contribution in [2.24, 2.45) is 0 Å². The predicted molar refractivity (Wildman–Crippen MR) is 74.1 cm³/mol. The van der Waals surface area contributed by atoms with E-state index in [2.05, 4.69) is 0 Å². The molecule has 0 spiro atoms. The number of hydrogen-bond donors (Lipinski definition) is 0. The van der Waals surface area contributed by atoms with Crippen LogP contribution in [0.4, 0.5) is 4.39 Å². The van der Waals surface area contributed by atoms with Gasteiger partial charge in [0.15, 0.2) is 0 Å². The maximum atomic E-state index is 13.6. The number of halogens is 1. The summed E-state index contributed by atoms with van der Waals surface area (Å²) in [4.78, 5) is 0. The third-order valence-electron chi connectivity index (χ3n) is 4.57. The van der Waals surface area contributed by atoms with E-state index in [1.54, 1.807) is 6.07 Å². The molecule has 0 unspecified atom stereocenters. The van der Waals surface area contributed by atoms with Crippen LogP contribution < -0.4 is 5.46 Å². The van der Waals surface area contributed by atoms with Gasteiger partial charge in [0.05, 0.1) is 11.2 Å². The lowest BCUT2D eigenvalue weighted by molar-refractivity contribution is 0.00578. The van der Waals surface area contributed by atoms with Crippen molar-refractivity contribution in [1.82, 2.24) is 0 Å². The summed E-state index contributed by atoms with van der Waals surface area (Å²) in [6, 6.07) is 4.98. The van der Waals surface area contributed by atoms with Crippen molar-refractivity contribution >= 4 is 12.6 Å². The summed E-state index contributed by atoms with van der Waals surface area (Å²) in [5.41, 5.74) is 1.27. The van der Waals surface area contributed by atoms with E-state index in [-0.39, 0.29) is 17.0 Å². The Kier molecular flexibility index (Phi) is 2.81. The molecule has 0 atom stereocenters. The lowest BCUT2D eigenvalue weighted by Gasteiger charge is -2.32. The molecule has 0 N–H and O–H groups in total. The van der Waals surface area contributed by atoms with Crippen LogP contribution in [0.1, 0.15) is 52.0 Å². The maximum absolute atomic E-state index is 13.6. The second-order valence-electron chi connectivity index (χ2n) is 6.64. The van der Waals surface area contributed by atoms with Gasteiger partial charge in [-0.25, -0.2) is 4.39 Å². The normalized spacial score (nSPS) is 24.8. The van der Waals surface area contributed by atoms with Gasteiger partial charge in [0, 0.05) is 0 Å². The third-order valence-corrected chi connectivity index (χ3v) is 4.57. The van der Waals surface area contributed by atoms with Crippen molar-refractivity contribution < 1.29 is 13.7 Å². The van der Waals surface area contributed by atoms with Crippen molar-refractivity contribution in [1.29, 1.82) is 0 Å². The van der Waals surface area contributed by atoms with Gasteiger partial charge in [0.2, 0.25) is 0 Å². The summed E-state index contributed by atoms with van der Waals surface area (Å²) < 4.78 is 25.6. The largest absolute Gasteiger partial charge is 0.495 e. The molecular weight excluding hydrogens is 242 g/mol. The van der Waals surface area contributed by atoms with Gasteiger partial charge in [0.25, 0.3) is 0 Å². The fourth-order valence-corrected chi connectivity index (χ4v) is 2.49. The van der Waals surface area contributed by atoms with Gasteiger partial charge in [-0.3, -0.25) is 0 Å². The van der Waals surface area contributed by atoms with Gasteiger partial charge >= 0.3 is 7.12 Å². The first-order chi connectivity index (χ1) is 8.80. The second-order valence-corrected chi connectivity index (χ2v) is 6.64. The molecular formula is C15H20BFO2. The Hall–Kier alpha value is -0.865. The Labute approximate surface area is 114 Å². The van der Waals surface area contributed by atoms with E-state index in [1.807, 2.05) is 33.8 Å². The summed E-state index contributed by atoms with van der Waals surface area (Å²) >= 11 is 0. The minimum atomic E-state index is -0.462. The first-order valence-electron chi connectivity index (χ1n) is 6.95. The number of rotatable bonds is 2. The van der Waals surface area contributed by atoms with Crippen molar-refractivity contribution in [3.05, 3.63) is 29.6 Å². The molecule has 1 aliphatic heterocycles. The van der Waals surface area contributed by atoms with E-state index in [0.29, 0.717) is 5.92 Å². The second kappa shape index (κ2) is 4.06. The highest BCUT2D eigenvalue weighted by molar-refractivity contribution is 6.62. The molecule has 1 aromatic carbocycles. The van der Waals surface area contributed by atoms with Gasteiger partial charge in [-0.2, -0.15) is 0 Å². The Balaban J connectivity index is 1.97. The van der Waals surface area contributed by atoms with E-state index in [4.69, 9.17) is 9.31 Å². The molecule has 0 aromatic heterocycles.